The Morgan fingerprint density at radius 3 is 2.33 bits per heavy atom. The first-order valence-electron chi connectivity index (χ1n) is 7.03. The Morgan fingerprint density at radius 2 is 1.90 bits per heavy atom. The van der Waals surface area contributed by atoms with Gasteiger partial charge in [-0.05, 0) is 36.5 Å². The first kappa shape index (κ1) is 17.3. The number of benzene rings is 1. The van der Waals surface area contributed by atoms with Gasteiger partial charge in [0.25, 0.3) is 0 Å². The first-order chi connectivity index (χ1) is 9.88. The molecule has 0 heterocycles. The van der Waals surface area contributed by atoms with Crippen LogP contribution in [0.5, 0.6) is 11.5 Å². The van der Waals surface area contributed by atoms with Crippen molar-refractivity contribution >= 4 is 5.97 Å². The first-order valence-corrected chi connectivity index (χ1v) is 7.03. The number of ether oxygens (including phenoxy) is 2. The Morgan fingerprint density at radius 1 is 1.29 bits per heavy atom. The lowest BCUT2D eigenvalue weighted by Gasteiger charge is -2.30. The predicted octanol–water partition coefficient (Wildman–Crippen LogP) is 2.32. The van der Waals surface area contributed by atoms with Gasteiger partial charge in [0, 0.05) is 6.54 Å². The van der Waals surface area contributed by atoms with E-state index < -0.39 is 11.4 Å². The molecule has 0 aromatic heterocycles. The summed E-state index contributed by atoms with van der Waals surface area (Å²) in [7, 11) is 3.13. The van der Waals surface area contributed by atoms with E-state index in [4.69, 9.17) is 15.2 Å². The van der Waals surface area contributed by atoms with Crippen LogP contribution in [0, 0.1) is 11.3 Å². The molecule has 5 heteroatoms. The van der Waals surface area contributed by atoms with Gasteiger partial charge < -0.3 is 20.3 Å². The van der Waals surface area contributed by atoms with Crippen molar-refractivity contribution in [1.82, 2.24) is 0 Å². The summed E-state index contributed by atoms with van der Waals surface area (Å²) in [5, 5.41) is 9.63. The molecule has 0 saturated heterocycles. The Hall–Kier alpha value is -1.75. The Labute approximate surface area is 126 Å². The topological polar surface area (TPSA) is 81.8 Å². The van der Waals surface area contributed by atoms with Gasteiger partial charge in [-0.2, -0.15) is 0 Å². The molecule has 1 aromatic rings. The summed E-state index contributed by atoms with van der Waals surface area (Å²) in [6.45, 7) is 4.11. The summed E-state index contributed by atoms with van der Waals surface area (Å²) < 4.78 is 10.5. The maximum Gasteiger partial charge on any atom is 0.311 e. The molecule has 5 nitrogen and oxygen atoms in total. The minimum Gasteiger partial charge on any atom is -0.493 e. The summed E-state index contributed by atoms with van der Waals surface area (Å²) in [6.07, 6.45) is 0.907. The van der Waals surface area contributed by atoms with Gasteiger partial charge in [-0.25, -0.2) is 0 Å². The fourth-order valence-corrected chi connectivity index (χ4v) is 2.64. The minimum absolute atomic E-state index is 0.106. The predicted molar refractivity (Wildman–Crippen MR) is 81.8 cm³/mol. The number of methoxy groups -OCH3 is 2. The quantitative estimate of drug-likeness (QED) is 0.769. The molecule has 118 valence electrons. The Balaban J connectivity index is 3.11. The van der Waals surface area contributed by atoms with Crippen LogP contribution in [0.15, 0.2) is 18.2 Å². The largest absolute Gasteiger partial charge is 0.493 e. The molecule has 0 amide bonds. The average molecular weight is 295 g/mol. The molecule has 0 bridgehead atoms. The van der Waals surface area contributed by atoms with E-state index in [9.17, 15) is 9.90 Å². The summed E-state index contributed by atoms with van der Waals surface area (Å²) in [6, 6.07) is 5.45. The summed E-state index contributed by atoms with van der Waals surface area (Å²) in [5.41, 5.74) is 5.72. The van der Waals surface area contributed by atoms with Crippen molar-refractivity contribution in [3.05, 3.63) is 23.8 Å². The zero-order valence-electron chi connectivity index (χ0n) is 13.2. The molecule has 0 saturated carbocycles. The molecule has 0 fully saturated rings. The Bertz CT molecular complexity index is 487. The zero-order chi connectivity index (χ0) is 16.0. The number of aliphatic carboxylic acids is 1. The van der Waals surface area contributed by atoms with E-state index in [-0.39, 0.29) is 12.5 Å². The third-order valence-electron chi connectivity index (χ3n) is 3.63. The number of hydrogen-bond acceptors (Lipinski definition) is 4. The number of carboxylic acids is 1. The van der Waals surface area contributed by atoms with E-state index >= 15 is 0 Å². The van der Waals surface area contributed by atoms with E-state index in [2.05, 4.69) is 0 Å². The highest BCUT2D eigenvalue weighted by atomic mass is 16.5. The number of hydrogen-bond donors (Lipinski definition) is 2. The van der Waals surface area contributed by atoms with Crippen LogP contribution in [0.3, 0.4) is 0 Å². The van der Waals surface area contributed by atoms with Crippen LogP contribution >= 0.6 is 0 Å². The monoisotopic (exact) mass is 295 g/mol. The number of carboxylic acid groups (broad SMARTS) is 1. The van der Waals surface area contributed by atoms with Crippen molar-refractivity contribution in [3.63, 3.8) is 0 Å². The molecule has 3 N–H and O–H groups in total. The van der Waals surface area contributed by atoms with E-state index in [1.165, 1.54) is 0 Å². The van der Waals surface area contributed by atoms with Crippen molar-refractivity contribution in [2.75, 3.05) is 20.8 Å². The molecule has 1 atom stereocenters. The van der Waals surface area contributed by atoms with Crippen LogP contribution in [0.25, 0.3) is 0 Å². The van der Waals surface area contributed by atoms with Gasteiger partial charge in [0.2, 0.25) is 0 Å². The lowest BCUT2D eigenvalue weighted by molar-refractivity contribution is -0.149. The molecule has 0 aliphatic rings. The molecule has 0 radical (unpaired) electrons. The van der Waals surface area contributed by atoms with E-state index in [0.717, 1.165) is 5.56 Å². The van der Waals surface area contributed by atoms with Crippen molar-refractivity contribution in [3.8, 4) is 11.5 Å². The van der Waals surface area contributed by atoms with E-state index in [1.54, 1.807) is 20.3 Å². The van der Waals surface area contributed by atoms with E-state index in [1.807, 2.05) is 26.0 Å². The highest BCUT2D eigenvalue weighted by molar-refractivity contribution is 5.75. The fourth-order valence-electron chi connectivity index (χ4n) is 2.64. The van der Waals surface area contributed by atoms with Crippen molar-refractivity contribution in [2.45, 2.75) is 26.7 Å². The second kappa shape index (κ2) is 7.31. The maximum absolute atomic E-state index is 11.7. The summed E-state index contributed by atoms with van der Waals surface area (Å²) in [4.78, 5) is 11.7. The van der Waals surface area contributed by atoms with Gasteiger partial charge in [0.05, 0.1) is 19.6 Å². The van der Waals surface area contributed by atoms with Gasteiger partial charge in [-0.1, -0.05) is 19.9 Å². The molecule has 1 rings (SSSR count). The van der Waals surface area contributed by atoms with Gasteiger partial charge in [0.15, 0.2) is 11.5 Å². The van der Waals surface area contributed by atoms with Crippen molar-refractivity contribution in [2.24, 2.45) is 17.1 Å². The molecule has 0 spiro atoms. The van der Waals surface area contributed by atoms with Crippen LogP contribution in [-0.2, 0) is 11.2 Å². The fraction of sp³-hybridized carbons (Fsp3) is 0.562. The van der Waals surface area contributed by atoms with Gasteiger partial charge >= 0.3 is 5.97 Å². The maximum atomic E-state index is 11.7. The van der Waals surface area contributed by atoms with Crippen LogP contribution in [-0.4, -0.2) is 31.8 Å². The lowest BCUT2D eigenvalue weighted by atomic mass is 9.75. The zero-order valence-corrected chi connectivity index (χ0v) is 13.2. The molecule has 1 unspecified atom stereocenters. The third kappa shape index (κ3) is 4.11. The van der Waals surface area contributed by atoms with Crippen LogP contribution in [0.2, 0.25) is 0 Å². The molecule has 0 aliphatic heterocycles. The third-order valence-corrected chi connectivity index (χ3v) is 3.63. The Kier molecular flexibility index (Phi) is 6.03. The second-order valence-corrected chi connectivity index (χ2v) is 5.75. The summed E-state index contributed by atoms with van der Waals surface area (Å²) in [5.74, 6) is 0.618. The smallest absolute Gasteiger partial charge is 0.311 e. The van der Waals surface area contributed by atoms with Crippen LogP contribution in [0.1, 0.15) is 25.8 Å². The average Bonchev–Trinajstić information content (AvgIpc) is 2.45. The summed E-state index contributed by atoms with van der Waals surface area (Å²) >= 11 is 0. The second-order valence-electron chi connectivity index (χ2n) is 5.75. The van der Waals surface area contributed by atoms with Gasteiger partial charge in [0.1, 0.15) is 0 Å². The number of carbonyl (C=O) groups is 1. The number of nitrogens with two attached hydrogens (primary N) is 1. The molecule has 21 heavy (non-hydrogen) atoms. The standard InChI is InChI=1S/C16H25NO4/c1-11(2)8-16(10-17,15(18)19)9-12-5-6-13(20-3)14(7-12)21-4/h5-7,11H,8-10,17H2,1-4H3,(H,18,19). The number of rotatable bonds is 8. The van der Waals surface area contributed by atoms with Gasteiger partial charge in [-0.3, -0.25) is 4.79 Å². The molecular formula is C16H25NO4. The molecule has 1 aromatic carbocycles. The highest BCUT2D eigenvalue weighted by Crippen LogP contribution is 2.34. The van der Waals surface area contributed by atoms with Crippen LogP contribution in [0.4, 0.5) is 0 Å². The lowest BCUT2D eigenvalue weighted by Crippen LogP contribution is -2.41. The van der Waals surface area contributed by atoms with Gasteiger partial charge in [-0.15, -0.1) is 0 Å². The van der Waals surface area contributed by atoms with Crippen molar-refractivity contribution in [1.29, 1.82) is 0 Å². The van der Waals surface area contributed by atoms with Crippen molar-refractivity contribution < 1.29 is 19.4 Å². The minimum atomic E-state index is -0.951. The highest BCUT2D eigenvalue weighted by Gasteiger charge is 2.38. The normalized spacial score (nSPS) is 13.8. The van der Waals surface area contributed by atoms with Crippen LogP contribution < -0.4 is 15.2 Å². The molecular weight excluding hydrogens is 270 g/mol. The SMILES string of the molecule is COc1ccc(CC(CN)(CC(C)C)C(=O)O)cc1OC. The van der Waals surface area contributed by atoms with E-state index in [0.29, 0.717) is 24.3 Å². The molecule has 0 aliphatic carbocycles.